The fraction of sp³-hybridized carbons (Fsp3) is 0.875. The lowest BCUT2D eigenvalue weighted by atomic mass is 10.1. The lowest BCUT2D eigenvalue weighted by molar-refractivity contribution is -0.145. The average Bonchev–Trinajstić information content (AvgIpc) is 2.16. The first-order valence-electron chi connectivity index (χ1n) is 4.28. The van der Waals surface area contributed by atoms with E-state index in [9.17, 15) is 4.79 Å². The summed E-state index contributed by atoms with van der Waals surface area (Å²) in [5, 5.41) is 0. The van der Waals surface area contributed by atoms with E-state index in [0.29, 0.717) is 13.2 Å². The molecule has 0 aromatic rings. The van der Waals surface area contributed by atoms with Crippen LogP contribution in [0.2, 0.25) is 0 Å². The van der Waals surface area contributed by atoms with Crippen LogP contribution in [0.3, 0.4) is 0 Å². The topological polar surface area (TPSA) is 64.8 Å². The van der Waals surface area contributed by atoms with Gasteiger partial charge in [-0.05, 0) is 7.05 Å². The van der Waals surface area contributed by atoms with Crippen molar-refractivity contribution in [3.63, 3.8) is 0 Å². The highest BCUT2D eigenvalue weighted by molar-refractivity contribution is 5.76. The van der Waals surface area contributed by atoms with Gasteiger partial charge in [-0.2, -0.15) is 0 Å². The van der Waals surface area contributed by atoms with Crippen LogP contribution in [0, 0.1) is 0 Å². The molecular weight excluding hydrogens is 172 g/mol. The Morgan fingerprint density at radius 2 is 2.46 bits per heavy atom. The number of ether oxygens (including phenoxy) is 2. The number of likely N-dealkylation sites (N-methyl/N-ethyl adjacent to an activating group) is 1. The molecule has 76 valence electrons. The number of hydrogen-bond donors (Lipinski definition) is 1. The van der Waals surface area contributed by atoms with Gasteiger partial charge in [-0.15, -0.1) is 0 Å². The molecule has 2 atom stereocenters. The molecule has 5 nitrogen and oxygen atoms in total. The van der Waals surface area contributed by atoms with Gasteiger partial charge in [0.15, 0.2) is 0 Å². The van der Waals surface area contributed by atoms with Crippen molar-refractivity contribution in [3.05, 3.63) is 0 Å². The molecule has 2 N–H and O–H groups in total. The Balaban J connectivity index is 2.53. The molecule has 0 spiro atoms. The van der Waals surface area contributed by atoms with Crippen molar-refractivity contribution < 1.29 is 14.3 Å². The largest absolute Gasteiger partial charge is 0.468 e. The van der Waals surface area contributed by atoms with Crippen LogP contribution in [-0.2, 0) is 14.3 Å². The van der Waals surface area contributed by atoms with Crippen molar-refractivity contribution in [3.8, 4) is 0 Å². The molecule has 2 unspecified atom stereocenters. The number of morpholine rings is 1. The second-order valence-electron chi connectivity index (χ2n) is 3.17. The highest BCUT2D eigenvalue weighted by atomic mass is 16.5. The van der Waals surface area contributed by atoms with Crippen molar-refractivity contribution in [1.29, 1.82) is 0 Å². The summed E-state index contributed by atoms with van der Waals surface area (Å²) < 4.78 is 9.81. The number of nitrogens with two attached hydrogens (primary N) is 1. The zero-order valence-corrected chi connectivity index (χ0v) is 8.03. The molecule has 1 fully saturated rings. The van der Waals surface area contributed by atoms with E-state index >= 15 is 0 Å². The van der Waals surface area contributed by atoms with Crippen LogP contribution in [0.4, 0.5) is 0 Å². The summed E-state index contributed by atoms with van der Waals surface area (Å²) in [5.41, 5.74) is 5.70. The lowest BCUT2D eigenvalue weighted by Gasteiger charge is -2.34. The number of hydrogen-bond acceptors (Lipinski definition) is 5. The monoisotopic (exact) mass is 188 g/mol. The molecule has 1 saturated heterocycles. The van der Waals surface area contributed by atoms with Crippen LogP contribution in [0.25, 0.3) is 0 Å². The summed E-state index contributed by atoms with van der Waals surface area (Å²) in [7, 11) is 3.27. The maximum absolute atomic E-state index is 11.1. The molecule has 0 radical (unpaired) electrons. The Morgan fingerprint density at radius 1 is 1.77 bits per heavy atom. The van der Waals surface area contributed by atoms with Crippen LogP contribution in [-0.4, -0.2) is 56.9 Å². The quantitative estimate of drug-likeness (QED) is 0.552. The van der Waals surface area contributed by atoms with Crippen LogP contribution >= 0.6 is 0 Å². The molecule has 1 aliphatic rings. The normalized spacial score (nSPS) is 26.8. The Labute approximate surface area is 77.8 Å². The standard InChI is InChI=1S/C8H16N2O3/c1-10-3-4-13-5-6(10)7(9)8(11)12-2/h6-7H,3-5,9H2,1-2H3. The predicted octanol–water partition coefficient (Wildman–Crippen LogP) is -1.18. The molecule has 0 saturated carbocycles. The second-order valence-corrected chi connectivity index (χ2v) is 3.17. The highest BCUT2D eigenvalue weighted by Gasteiger charge is 2.30. The van der Waals surface area contributed by atoms with Gasteiger partial charge in [-0.25, -0.2) is 0 Å². The van der Waals surface area contributed by atoms with Crippen molar-refractivity contribution >= 4 is 5.97 Å². The molecule has 1 rings (SSSR count). The molecule has 0 aromatic carbocycles. The van der Waals surface area contributed by atoms with Gasteiger partial charge >= 0.3 is 5.97 Å². The molecule has 0 aromatic heterocycles. The maximum Gasteiger partial charge on any atom is 0.324 e. The molecule has 1 aliphatic heterocycles. The third kappa shape index (κ3) is 2.40. The Morgan fingerprint density at radius 3 is 3.00 bits per heavy atom. The van der Waals surface area contributed by atoms with E-state index in [-0.39, 0.29) is 12.0 Å². The molecule has 0 amide bonds. The Hall–Kier alpha value is -0.650. The van der Waals surface area contributed by atoms with Crippen LogP contribution in [0.5, 0.6) is 0 Å². The average molecular weight is 188 g/mol. The molecule has 5 heteroatoms. The molecule has 0 bridgehead atoms. The minimum atomic E-state index is -0.615. The van der Waals surface area contributed by atoms with Crippen molar-refractivity contribution in [2.75, 3.05) is 33.9 Å². The third-order valence-corrected chi connectivity index (χ3v) is 2.33. The first-order chi connectivity index (χ1) is 6.16. The zero-order valence-electron chi connectivity index (χ0n) is 8.03. The third-order valence-electron chi connectivity index (χ3n) is 2.33. The summed E-state index contributed by atoms with van der Waals surface area (Å²) in [6, 6.07) is -0.684. The van der Waals surface area contributed by atoms with Crippen LogP contribution < -0.4 is 5.73 Å². The molecule has 13 heavy (non-hydrogen) atoms. The summed E-state index contributed by atoms with van der Waals surface area (Å²) in [6.45, 7) is 1.99. The van der Waals surface area contributed by atoms with Gasteiger partial charge in [0.2, 0.25) is 0 Å². The second kappa shape index (κ2) is 4.55. The highest BCUT2D eigenvalue weighted by Crippen LogP contribution is 2.07. The van der Waals surface area contributed by atoms with E-state index < -0.39 is 6.04 Å². The molecular formula is C8H16N2O3. The minimum Gasteiger partial charge on any atom is -0.468 e. The summed E-state index contributed by atoms with van der Waals surface area (Å²) in [5.74, 6) is -0.387. The zero-order chi connectivity index (χ0) is 9.84. The Kier molecular flexibility index (Phi) is 3.65. The van der Waals surface area contributed by atoms with E-state index in [1.54, 1.807) is 0 Å². The number of carbonyl (C=O) groups excluding carboxylic acids is 1. The van der Waals surface area contributed by atoms with E-state index in [4.69, 9.17) is 10.5 Å². The fourth-order valence-electron chi connectivity index (χ4n) is 1.38. The van der Waals surface area contributed by atoms with Crippen molar-refractivity contribution in [2.45, 2.75) is 12.1 Å². The number of carbonyl (C=O) groups is 1. The summed E-state index contributed by atoms with van der Waals surface area (Å²) >= 11 is 0. The minimum absolute atomic E-state index is 0.0683. The first-order valence-corrected chi connectivity index (χ1v) is 4.28. The van der Waals surface area contributed by atoms with Gasteiger partial charge in [-0.1, -0.05) is 0 Å². The van der Waals surface area contributed by atoms with E-state index in [1.165, 1.54) is 7.11 Å². The molecule has 0 aliphatic carbocycles. The van der Waals surface area contributed by atoms with Gasteiger partial charge in [-0.3, -0.25) is 9.69 Å². The van der Waals surface area contributed by atoms with Gasteiger partial charge in [0.1, 0.15) is 6.04 Å². The molecule has 1 heterocycles. The van der Waals surface area contributed by atoms with Crippen molar-refractivity contribution in [1.82, 2.24) is 4.90 Å². The summed E-state index contributed by atoms with van der Waals surface area (Å²) in [4.78, 5) is 13.1. The van der Waals surface area contributed by atoms with Crippen LogP contribution in [0.1, 0.15) is 0 Å². The van der Waals surface area contributed by atoms with E-state index in [2.05, 4.69) is 4.74 Å². The predicted molar refractivity (Wildman–Crippen MR) is 47.2 cm³/mol. The summed E-state index contributed by atoms with van der Waals surface area (Å²) in [6.07, 6.45) is 0. The van der Waals surface area contributed by atoms with Gasteiger partial charge < -0.3 is 15.2 Å². The SMILES string of the molecule is COC(=O)C(N)C1COCCN1C. The van der Waals surface area contributed by atoms with Gasteiger partial charge in [0.05, 0.1) is 26.4 Å². The smallest absolute Gasteiger partial charge is 0.324 e. The number of esters is 1. The lowest BCUT2D eigenvalue weighted by Crippen LogP contribution is -2.56. The van der Waals surface area contributed by atoms with E-state index in [0.717, 1.165) is 6.54 Å². The Bertz CT molecular complexity index is 186. The number of rotatable bonds is 2. The maximum atomic E-state index is 11.1. The van der Waals surface area contributed by atoms with Crippen molar-refractivity contribution in [2.24, 2.45) is 5.73 Å². The number of nitrogens with zero attached hydrogens (tertiary/aromatic N) is 1. The fourth-order valence-corrected chi connectivity index (χ4v) is 1.38. The van der Waals surface area contributed by atoms with Gasteiger partial charge in [0, 0.05) is 6.54 Å². The van der Waals surface area contributed by atoms with Crippen LogP contribution in [0.15, 0.2) is 0 Å². The number of methoxy groups -OCH3 is 1. The van der Waals surface area contributed by atoms with E-state index in [1.807, 2.05) is 11.9 Å². The first kappa shape index (κ1) is 10.4. The van der Waals surface area contributed by atoms with Gasteiger partial charge in [0.25, 0.3) is 0 Å².